The molecule has 3 aromatic rings. The highest BCUT2D eigenvalue weighted by Gasteiger charge is 2.22. The minimum Gasteiger partial charge on any atom is -0.263 e. The summed E-state index contributed by atoms with van der Waals surface area (Å²) in [5.74, 6) is 1.45. The van der Waals surface area contributed by atoms with Gasteiger partial charge in [-0.15, -0.1) is 0 Å². The first-order chi connectivity index (χ1) is 16.4. The van der Waals surface area contributed by atoms with E-state index in [1.807, 2.05) is 0 Å². The molecular formula is C32H42BN. The van der Waals surface area contributed by atoms with Crippen molar-refractivity contribution in [3.8, 4) is 11.3 Å². The molecule has 2 aliphatic carbocycles. The number of hydrogen-bond donors (Lipinski definition) is 0. The van der Waals surface area contributed by atoms with E-state index in [9.17, 15) is 0 Å². The summed E-state index contributed by atoms with van der Waals surface area (Å²) in [5, 5.41) is 2.64. The third-order valence-corrected chi connectivity index (χ3v) is 8.16. The summed E-state index contributed by atoms with van der Waals surface area (Å²) < 4.78 is 0. The topological polar surface area (TPSA) is 12.9 Å². The molecule has 0 N–H and O–H groups in total. The lowest BCUT2D eigenvalue weighted by atomic mass is 9.78. The maximum absolute atomic E-state index is 5.15. The lowest BCUT2D eigenvalue weighted by Gasteiger charge is -2.27. The number of benzene rings is 2. The maximum atomic E-state index is 5.15. The fraction of sp³-hybridized carbons (Fsp3) is 0.531. The van der Waals surface area contributed by atoms with Crippen molar-refractivity contribution >= 4 is 24.2 Å². The van der Waals surface area contributed by atoms with Crippen LogP contribution in [0.15, 0.2) is 42.5 Å². The van der Waals surface area contributed by atoms with Gasteiger partial charge in [0.2, 0.25) is 0 Å². The van der Waals surface area contributed by atoms with Crippen molar-refractivity contribution in [2.24, 2.45) is 5.41 Å². The molecule has 0 saturated heterocycles. The molecule has 2 aromatic carbocycles. The maximum Gasteiger partial charge on any atom is 0.163 e. The van der Waals surface area contributed by atoms with Crippen LogP contribution < -0.4 is 5.59 Å². The van der Waals surface area contributed by atoms with Gasteiger partial charge in [-0.1, -0.05) is 83.6 Å². The van der Waals surface area contributed by atoms with Crippen LogP contribution in [0.1, 0.15) is 114 Å². The Morgan fingerprint density at radius 1 is 0.765 bits per heavy atom. The van der Waals surface area contributed by atoms with Gasteiger partial charge >= 0.3 is 0 Å². The Kier molecular flexibility index (Phi) is 6.87. The predicted octanol–water partition coefficient (Wildman–Crippen LogP) is 7.84. The van der Waals surface area contributed by atoms with Gasteiger partial charge in [-0.05, 0) is 95.2 Å². The Morgan fingerprint density at radius 3 is 1.91 bits per heavy atom. The van der Waals surface area contributed by atoms with Crippen LogP contribution in [0.5, 0.6) is 0 Å². The molecule has 0 bridgehead atoms. The smallest absolute Gasteiger partial charge is 0.163 e. The number of nitrogens with zero attached hydrogens (tertiary/aromatic N) is 1. The molecule has 34 heavy (non-hydrogen) atoms. The van der Waals surface area contributed by atoms with E-state index >= 15 is 0 Å². The van der Waals surface area contributed by atoms with Gasteiger partial charge in [-0.25, -0.2) is 0 Å². The van der Waals surface area contributed by atoms with Crippen LogP contribution in [-0.4, -0.2) is 12.8 Å². The first-order valence-electron chi connectivity index (χ1n) is 13.9. The van der Waals surface area contributed by atoms with Gasteiger partial charge in [0.05, 0.1) is 5.69 Å². The van der Waals surface area contributed by atoms with Crippen LogP contribution in [0.25, 0.3) is 22.0 Å². The fourth-order valence-electron chi connectivity index (χ4n) is 6.54. The second-order valence-corrected chi connectivity index (χ2v) is 12.5. The minimum absolute atomic E-state index is 0.293. The van der Waals surface area contributed by atoms with E-state index in [2.05, 4.69) is 71.1 Å². The highest BCUT2D eigenvalue weighted by molar-refractivity contribution is 6.32. The fourth-order valence-corrected chi connectivity index (χ4v) is 6.54. The largest absolute Gasteiger partial charge is 0.263 e. The van der Waals surface area contributed by atoms with Crippen molar-refractivity contribution in [1.29, 1.82) is 0 Å². The standard InChI is InChI=1S/C32H42BN/c1-32(2,3)21-22-14-15-29-27(16-22)20-30(33)34-31(29)28-18-25(23-10-6-4-7-11-23)17-26(19-28)24-12-8-5-9-13-24/h14-20,23-24H,4-13,21,33H2,1-3H3. The van der Waals surface area contributed by atoms with E-state index in [4.69, 9.17) is 4.98 Å². The molecule has 1 heterocycles. The molecule has 2 heteroatoms. The molecule has 0 spiro atoms. The Hall–Kier alpha value is -2.09. The number of aromatic nitrogens is 1. The summed E-state index contributed by atoms with van der Waals surface area (Å²) in [4.78, 5) is 5.15. The number of hydrogen-bond acceptors (Lipinski definition) is 1. The van der Waals surface area contributed by atoms with Gasteiger partial charge in [-0.3, -0.25) is 4.98 Å². The third kappa shape index (κ3) is 5.42. The van der Waals surface area contributed by atoms with Gasteiger partial charge in [0, 0.05) is 10.9 Å². The molecular weight excluding hydrogens is 409 g/mol. The van der Waals surface area contributed by atoms with E-state index in [0.717, 1.165) is 23.8 Å². The molecule has 5 rings (SSSR count). The van der Waals surface area contributed by atoms with Gasteiger partial charge in [0.1, 0.15) is 0 Å². The lowest BCUT2D eigenvalue weighted by Crippen LogP contribution is -2.12. The monoisotopic (exact) mass is 451 g/mol. The Labute approximate surface area is 208 Å². The number of pyridine rings is 1. The average Bonchev–Trinajstić information content (AvgIpc) is 2.83. The molecule has 0 unspecified atom stereocenters. The molecule has 2 aliphatic rings. The molecule has 0 radical (unpaired) electrons. The zero-order valence-electron chi connectivity index (χ0n) is 21.9. The van der Waals surface area contributed by atoms with Gasteiger partial charge < -0.3 is 0 Å². The summed E-state index contributed by atoms with van der Waals surface area (Å²) in [6.07, 6.45) is 14.9. The van der Waals surface area contributed by atoms with E-state index < -0.39 is 0 Å². The summed E-state index contributed by atoms with van der Waals surface area (Å²) in [7, 11) is 2.16. The Bertz CT molecular complexity index is 1110. The van der Waals surface area contributed by atoms with E-state index in [1.54, 1.807) is 11.1 Å². The second kappa shape index (κ2) is 9.88. The highest BCUT2D eigenvalue weighted by atomic mass is 14.7. The quantitative estimate of drug-likeness (QED) is 0.368. The first-order valence-corrected chi connectivity index (χ1v) is 13.9. The Morgan fingerprint density at radius 2 is 1.35 bits per heavy atom. The zero-order valence-corrected chi connectivity index (χ0v) is 21.9. The van der Waals surface area contributed by atoms with Crippen molar-refractivity contribution < 1.29 is 0 Å². The van der Waals surface area contributed by atoms with E-state index in [1.165, 1.54) is 91.8 Å². The third-order valence-electron chi connectivity index (χ3n) is 8.16. The molecule has 178 valence electrons. The van der Waals surface area contributed by atoms with Crippen molar-refractivity contribution in [3.63, 3.8) is 0 Å². The van der Waals surface area contributed by atoms with Crippen LogP contribution in [0.4, 0.5) is 0 Å². The van der Waals surface area contributed by atoms with Crippen molar-refractivity contribution in [2.45, 2.75) is 103 Å². The van der Waals surface area contributed by atoms with Crippen molar-refractivity contribution in [2.75, 3.05) is 0 Å². The number of rotatable bonds is 4. The van der Waals surface area contributed by atoms with Crippen LogP contribution in [0, 0.1) is 5.41 Å². The van der Waals surface area contributed by atoms with Crippen LogP contribution in [0.2, 0.25) is 0 Å². The first kappa shape index (κ1) is 23.6. The summed E-state index contributed by atoms with van der Waals surface area (Å²) in [6.45, 7) is 6.97. The normalized spacial score (nSPS) is 18.4. The SMILES string of the molecule is Bc1cc2cc(CC(C)(C)C)ccc2c(-c2cc(C3CCCCC3)cc(C3CCCCC3)c2)n1. The Balaban J connectivity index is 1.61. The molecule has 0 amide bonds. The van der Waals surface area contributed by atoms with Crippen LogP contribution in [-0.2, 0) is 6.42 Å². The van der Waals surface area contributed by atoms with Crippen molar-refractivity contribution in [3.05, 3.63) is 59.2 Å². The zero-order chi connectivity index (χ0) is 23.7. The van der Waals surface area contributed by atoms with Crippen LogP contribution >= 0.6 is 0 Å². The summed E-state index contributed by atoms with van der Waals surface area (Å²) in [5.41, 5.74) is 8.54. The second-order valence-electron chi connectivity index (χ2n) is 12.5. The molecule has 2 saturated carbocycles. The van der Waals surface area contributed by atoms with E-state index in [-0.39, 0.29) is 0 Å². The minimum atomic E-state index is 0.293. The van der Waals surface area contributed by atoms with Gasteiger partial charge in [0.25, 0.3) is 0 Å². The van der Waals surface area contributed by atoms with Gasteiger partial charge in [0.15, 0.2) is 7.85 Å². The predicted molar refractivity (Wildman–Crippen MR) is 150 cm³/mol. The highest BCUT2D eigenvalue weighted by Crippen LogP contribution is 2.40. The summed E-state index contributed by atoms with van der Waals surface area (Å²) in [6, 6.07) is 17.0. The van der Waals surface area contributed by atoms with Crippen LogP contribution in [0.3, 0.4) is 0 Å². The molecule has 2 fully saturated rings. The number of fused-ring (bicyclic) bond motifs is 1. The van der Waals surface area contributed by atoms with Gasteiger partial charge in [-0.2, -0.15) is 0 Å². The molecule has 1 aromatic heterocycles. The van der Waals surface area contributed by atoms with E-state index in [0.29, 0.717) is 5.41 Å². The van der Waals surface area contributed by atoms with Crippen molar-refractivity contribution in [1.82, 2.24) is 4.98 Å². The molecule has 1 nitrogen and oxygen atoms in total. The molecule has 0 atom stereocenters. The average molecular weight is 452 g/mol. The summed E-state index contributed by atoms with van der Waals surface area (Å²) >= 11 is 0. The molecule has 0 aliphatic heterocycles. The lowest BCUT2D eigenvalue weighted by molar-refractivity contribution is 0.411.